The fourth-order valence-corrected chi connectivity index (χ4v) is 3.32. The second-order valence-corrected chi connectivity index (χ2v) is 6.64. The first-order valence-corrected chi connectivity index (χ1v) is 8.36. The molecular formula is C17H13N3O5S. The third kappa shape index (κ3) is 3.52. The Kier molecular flexibility index (Phi) is 4.63. The molecule has 1 aliphatic rings. The number of nitro groups is 1. The Morgan fingerprint density at radius 2 is 1.92 bits per heavy atom. The van der Waals surface area contributed by atoms with Crippen molar-refractivity contribution in [3.05, 3.63) is 57.0 Å². The average Bonchev–Trinajstić information content (AvgIpc) is 3.14. The van der Waals surface area contributed by atoms with E-state index in [1.807, 2.05) is 0 Å². The largest absolute Gasteiger partial charge is 0.326 e. The highest BCUT2D eigenvalue weighted by Gasteiger charge is 2.35. The number of amides is 3. The summed E-state index contributed by atoms with van der Waals surface area (Å²) < 4.78 is 0. The second-order valence-electron chi connectivity index (χ2n) is 5.54. The van der Waals surface area contributed by atoms with Gasteiger partial charge in [-0.15, -0.1) is 0 Å². The summed E-state index contributed by atoms with van der Waals surface area (Å²) in [7, 11) is 0. The van der Waals surface area contributed by atoms with E-state index in [-0.39, 0.29) is 28.8 Å². The van der Waals surface area contributed by atoms with Crippen molar-refractivity contribution in [3.63, 3.8) is 0 Å². The molecule has 1 saturated heterocycles. The third-order valence-corrected chi connectivity index (χ3v) is 4.61. The highest BCUT2D eigenvalue weighted by atomic mass is 32.1. The number of nitrogens with one attached hydrogen (secondary N) is 1. The van der Waals surface area contributed by atoms with Crippen LogP contribution in [0.4, 0.5) is 16.4 Å². The van der Waals surface area contributed by atoms with Crippen molar-refractivity contribution in [2.75, 3.05) is 10.2 Å². The van der Waals surface area contributed by atoms with Gasteiger partial charge in [-0.25, -0.2) is 4.90 Å². The molecule has 1 aliphatic heterocycles. The van der Waals surface area contributed by atoms with Gasteiger partial charge in [0.1, 0.15) is 0 Å². The minimum absolute atomic E-state index is 0.0287. The molecule has 2 heterocycles. The first-order chi connectivity index (χ1) is 12.3. The molecule has 1 aromatic carbocycles. The summed E-state index contributed by atoms with van der Waals surface area (Å²) in [5.41, 5.74) is 1.23. The lowest BCUT2D eigenvalue weighted by Crippen LogP contribution is -2.28. The zero-order chi connectivity index (χ0) is 18.8. The molecule has 2 aromatic rings. The van der Waals surface area contributed by atoms with Gasteiger partial charge in [-0.1, -0.05) is 11.3 Å². The molecule has 0 radical (unpaired) electrons. The molecule has 0 spiro atoms. The van der Waals surface area contributed by atoms with E-state index < -0.39 is 10.8 Å². The molecule has 0 aliphatic carbocycles. The van der Waals surface area contributed by atoms with E-state index >= 15 is 0 Å². The van der Waals surface area contributed by atoms with Gasteiger partial charge in [0, 0.05) is 29.1 Å². The first kappa shape index (κ1) is 17.5. The summed E-state index contributed by atoms with van der Waals surface area (Å²) in [4.78, 5) is 47.7. The van der Waals surface area contributed by atoms with Gasteiger partial charge in [0.2, 0.25) is 11.8 Å². The predicted molar refractivity (Wildman–Crippen MR) is 96.8 cm³/mol. The molecule has 0 unspecified atom stereocenters. The van der Waals surface area contributed by atoms with E-state index in [4.69, 9.17) is 0 Å². The van der Waals surface area contributed by atoms with Gasteiger partial charge >= 0.3 is 5.00 Å². The molecule has 9 heteroatoms. The van der Waals surface area contributed by atoms with Crippen molar-refractivity contribution in [1.82, 2.24) is 0 Å². The maximum Gasteiger partial charge on any atom is 0.324 e. The molecule has 8 nitrogen and oxygen atoms in total. The zero-order valence-corrected chi connectivity index (χ0v) is 14.4. The van der Waals surface area contributed by atoms with Crippen molar-refractivity contribution in [3.8, 4) is 0 Å². The molecule has 1 fully saturated rings. The van der Waals surface area contributed by atoms with Gasteiger partial charge in [-0.2, -0.15) is 0 Å². The number of thiophene rings is 1. The summed E-state index contributed by atoms with van der Waals surface area (Å²) in [6.07, 6.45) is 1.43. The Hall–Kier alpha value is -3.33. The number of anilines is 2. The van der Waals surface area contributed by atoms with E-state index in [0.717, 1.165) is 16.2 Å². The number of carbonyl (C=O) groups is 3. The van der Waals surface area contributed by atoms with Crippen LogP contribution in [0.3, 0.4) is 0 Å². The van der Waals surface area contributed by atoms with Crippen LogP contribution < -0.4 is 10.2 Å². The van der Waals surface area contributed by atoms with E-state index in [0.29, 0.717) is 16.3 Å². The Balaban J connectivity index is 1.83. The number of benzene rings is 1. The normalized spacial score (nSPS) is 15.6. The molecule has 0 saturated carbocycles. The monoisotopic (exact) mass is 371 g/mol. The third-order valence-electron chi connectivity index (χ3n) is 3.62. The number of rotatable bonds is 4. The minimum Gasteiger partial charge on any atom is -0.326 e. The van der Waals surface area contributed by atoms with E-state index in [1.54, 1.807) is 30.3 Å². The first-order valence-electron chi connectivity index (χ1n) is 7.55. The number of imide groups is 1. The maximum absolute atomic E-state index is 12.6. The molecule has 132 valence electrons. The quantitative estimate of drug-likeness (QED) is 0.384. The maximum atomic E-state index is 12.6. The highest BCUT2D eigenvalue weighted by molar-refractivity contribution is 7.16. The fraction of sp³-hybridized carbons (Fsp3) is 0.118. The van der Waals surface area contributed by atoms with Gasteiger partial charge in [0.25, 0.3) is 5.91 Å². The predicted octanol–water partition coefficient (Wildman–Crippen LogP) is 2.96. The number of hydrogen-bond donors (Lipinski definition) is 1. The Morgan fingerprint density at radius 1 is 1.23 bits per heavy atom. The van der Waals surface area contributed by atoms with Gasteiger partial charge in [-0.3, -0.25) is 24.5 Å². The van der Waals surface area contributed by atoms with Gasteiger partial charge in [0.15, 0.2) is 0 Å². The average molecular weight is 371 g/mol. The summed E-state index contributed by atoms with van der Waals surface area (Å²) in [6.45, 7) is 1.38. The van der Waals surface area contributed by atoms with Crippen LogP contribution in [-0.4, -0.2) is 22.6 Å². The minimum atomic E-state index is -0.503. The van der Waals surface area contributed by atoms with E-state index in [2.05, 4.69) is 5.32 Å². The Labute approximate surface area is 151 Å². The molecular weight excluding hydrogens is 358 g/mol. The van der Waals surface area contributed by atoms with E-state index in [1.165, 1.54) is 19.1 Å². The molecule has 0 bridgehead atoms. The number of nitrogens with zero attached hydrogens (tertiary/aromatic N) is 2. The van der Waals surface area contributed by atoms with Crippen LogP contribution in [0, 0.1) is 10.1 Å². The smallest absolute Gasteiger partial charge is 0.324 e. The van der Waals surface area contributed by atoms with E-state index in [9.17, 15) is 24.5 Å². The lowest BCUT2D eigenvalue weighted by molar-refractivity contribution is -0.380. The van der Waals surface area contributed by atoms with Crippen LogP contribution in [0.5, 0.6) is 0 Å². The van der Waals surface area contributed by atoms with Gasteiger partial charge < -0.3 is 5.32 Å². The van der Waals surface area contributed by atoms with Crippen LogP contribution in [0.25, 0.3) is 6.08 Å². The molecule has 3 rings (SSSR count). The summed E-state index contributed by atoms with van der Waals surface area (Å²) in [5, 5.41) is 13.3. The SMILES string of the molecule is CC(=O)Nc1ccc(N2C(=O)CC(=Cc3ccc([N+](=O)[O-])s3)C2=O)cc1. The molecule has 1 aromatic heterocycles. The van der Waals surface area contributed by atoms with Crippen LogP contribution >= 0.6 is 11.3 Å². The zero-order valence-electron chi connectivity index (χ0n) is 13.6. The van der Waals surface area contributed by atoms with Crippen molar-refractivity contribution in [2.45, 2.75) is 13.3 Å². The molecule has 0 atom stereocenters. The fourth-order valence-electron chi connectivity index (χ4n) is 2.54. The van der Waals surface area contributed by atoms with Crippen LogP contribution in [0.15, 0.2) is 42.0 Å². The summed E-state index contributed by atoms with van der Waals surface area (Å²) in [6, 6.07) is 9.23. The van der Waals surface area contributed by atoms with Crippen LogP contribution in [-0.2, 0) is 14.4 Å². The number of hydrogen-bond acceptors (Lipinski definition) is 6. The standard InChI is InChI=1S/C17H13N3O5S/c1-10(21)18-12-2-4-13(5-3-12)19-15(22)9-11(17(19)23)8-14-6-7-16(26-14)20(24)25/h2-8H,9H2,1H3,(H,18,21). The molecule has 1 N–H and O–H groups in total. The summed E-state index contributed by atoms with van der Waals surface area (Å²) in [5.74, 6) is -1.06. The van der Waals surface area contributed by atoms with Crippen molar-refractivity contribution in [1.29, 1.82) is 0 Å². The number of carbonyl (C=O) groups excluding carboxylic acids is 3. The molecule has 26 heavy (non-hydrogen) atoms. The van der Waals surface area contributed by atoms with Crippen molar-refractivity contribution >= 4 is 51.5 Å². The van der Waals surface area contributed by atoms with Crippen molar-refractivity contribution in [2.24, 2.45) is 0 Å². The van der Waals surface area contributed by atoms with Gasteiger partial charge in [0.05, 0.1) is 17.0 Å². The van der Waals surface area contributed by atoms with Gasteiger partial charge in [-0.05, 0) is 36.4 Å². The second kappa shape index (κ2) is 6.89. The lowest BCUT2D eigenvalue weighted by Gasteiger charge is -2.14. The Bertz CT molecular complexity index is 946. The lowest BCUT2D eigenvalue weighted by atomic mass is 10.2. The summed E-state index contributed by atoms with van der Waals surface area (Å²) >= 11 is 0.938. The Morgan fingerprint density at radius 3 is 2.50 bits per heavy atom. The van der Waals surface area contributed by atoms with Crippen LogP contribution in [0.1, 0.15) is 18.2 Å². The topological polar surface area (TPSA) is 110 Å². The molecule has 3 amide bonds. The highest BCUT2D eigenvalue weighted by Crippen LogP contribution is 2.31. The van der Waals surface area contributed by atoms with Crippen molar-refractivity contribution < 1.29 is 19.3 Å². The van der Waals surface area contributed by atoms with Crippen LogP contribution in [0.2, 0.25) is 0 Å².